The highest BCUT2D eigenvalue weighted by molar-refractivity contribution is 4.91. The third-order valence-electron chi connectivity index (χ3n) is 5.32. The van der Waals surface area contributed by atoms with E-state index in [9.17, 15) is 5.11 Å². The Labute approximate surface area is 125 Å². The third-order valence-corrected chi connectivity index (χ3v) is 5.32. The number of aliphatic hydroxyl groups excluding tert-OH is 1. The zero-order valence-electron chi connectivity index (χ0n) is 13.7. The van der Waals surface area contributed by atoms with Crippen molar-refractivity contribution in [2.24, 2.45) is 11.3 Å². The van der Waals surface area contributed by atoms with Crippen molar-refractivity contribution in [2.75, 3.05) is 26.2 Å². The largest absolute Gasteiger partial charge is 0.395 e. The van der Waals surface area contributed by atoms with E-state index in [2.05, 4.69) is 31.0 Å². The van der Waals surface area contributed by atoms with Crippen LogP contribution in [0.4, 0.5) is 0 Å². The maximum atomic E-state index is 9.47. The van der Waals surface area contributed by atoms with Gasteiger partial charge in [-0.3, -0.25) is 4.90 Å². The molecule has 1 saturated carbocycles. The van der Waals surface area contributed by atoms with E-state index < -0.39 is 0 Å². The van der Waals surface area contributed by atoms with Crippen molar-refractivity contribution in [1.29, 1.82) is 0 Å². The summed E-state index contributed by atoms with van der Waals surface area (Å²) < 4.78 is 0. The first-order chi connectivity index (χ1) is 9.52. The maximum Gasteiger partial charge on any atom is 0.0558 e. The molecule has 2 aliphatic rings. The summed E-state index contributed by atoms with van der Waals surface area (Å²) in [4.78, 5) is 2.60. The molecule has 118 valence electrons. The number of hydrogen-bond donors (Lipinski definition) is 2. The van der Waals surface area contributed by atoms with Crippen molar-refractivity contribution in [2.45, 2.75) is 71.4 Å². The third kappa shape index (κ3) is 4.19. The van der Waals surface area contributed by atoms with Crippen LogP contribution in [-0.2, 0) is 0 Å². The average molecular weight is 282 g/mol. The van der Waals surface area contributed by atoms with Gasteiger partial charge < -0.3 is 10.4 Å². The standard InChI is InChI=1S/C17H34N2O/c1-17(2,3)15-8-4-5-9-16(15)19(11-12-20)13-14-7-6-10-18-14/h14-16,18,20H,4-13H2,1-3H3. The molecule has 0 aromatic carbocycles. The van der Waals surface area contributed by atoms with Crippen LogP contribution in [-0.4, -0.2) is 48.3 Å². The second-order valence-corrected chi connectivity index (χ2v) is 7.84. The van der Waals surface area contributed by atoms with Gasteiger partial charge in [-0.25, -0.2) is 0 Å². The minimum atomic E-state index is 0.292. The van der Waals surface area contributed by atoms with Crippen molar-refractivity contribution in [3.05, 3.63) is 0 Å². The van der Waals surface area contributed by atoms with Crippen molar-refractivity contribution in [1.82, 2.24) is 10.2 Å². The van der Waals surface area contributed by atoms with Crippen LogP contribution in [0.3, 0.4) is 0 Å². The number of nitrogens with zero attached hydrogens (tertiary/aromatic N) is 1. The molecule has 0 aromatic heterocycles. The highest BCUT2D eigenvalue weighted by atomic mass is 16.3. The molecule has 0 spiro atoms. The lowest BCUT2D eigenvalue weighted by atomic mass is 9.69. The molecule has 1 heterocycles. The maximum absolute atomic E-state index is 9.47. The number of rotatable bonds is 5. The van der Waals surface area contributed by atoms with Crippen LogP contribution in [0.1, 0.15) is 59.3 Å². The molecule has 2 fully saturated rings. The predicted molar refractivity (Wildman–Crippen MR) is 84.9 cm³/mol. The highest BCUT2D eigenvalue weighted by Gasteiger charge is 2.37. The second-order valence-electron chi connectivity index (χ2n) is 7.84. The molecule has 1 aliphatic heterocycles. The van der Waals surface area contributed by atoms with Gasteiger partial charge in [0, 0.05) is 25.2 Å². The van der Waals surface area contributed by atoms with E-state index in [0.717, 1.165) is 19.0 Å². The van der Waals surface area contributed by atoms with Crippen LogP contribution in [0.15, 0.2) is 0 Å². The minimum Gasteiger partial charge on any atom is -0.395 e. The van der Waals surface area contributed by atoms with Gasteiger partial charge in [-0.15, -0.1) is 0 Å². The smallest absolute Gasteiger partial charge is 0.0558 e. The molecule has 3 atom stereocenters. The van der Waals surface area contributed by atoms with Gasteiger partial charge in [0.1, 0.15) is 0 Å². The number of hydrogen-bond acceptors (Lipinski definition) is 3. The van der Waals surface area contributed by atoms with E-state index in [1.807, 2.05) is 0 Å². The zero-order valence-corrected chi connectivity index (χ0v) is 13.7. The lowest BCUT2D eigenvalue weighted by Crippen LogP contribution is -2.51. The summed E-state index contributed by atoms with van der Waals surface area (Å²) in [6, 6.07) is 1.31. The lowest BCUT2D eigenvalue weighted by molar-refractivity contribution is 0.0272. The summed E-state index contributed by atoms with van der Waals surface area (Å²) in [5.41, 5.74) is 0.377. The normalized spacial score (nSPS) is 31.9. The zero-order chi connectivity index (χ0) is 14.6. The Morgan fingerprint density at radius 2 is 1.85 bits per heavy atom. The summed E-state index contributed by atoms with van der Waals surface area (Å²) >= 11 is 0. The van der Waals surface area contributed by atoms with Gasteiger partial charge >= 0.3 is 0 Å². The quantitative estimate of drug-likeness (QED) is 0.814. The van der Waals surface area contributed by atoms with Crippen LogP contribution in [0.25, 0.3) is 0 Å². The van der Waals surface area contributed by atoms with Crippen LogP contribution < -0.4 is 5.32 Å². The van der Waals surface area contributed by atoms with E-state index in [-0.39, 0.29) is 0 Å². The topological polar surface area (TPSA) is 35.5 Å². The Balaban J connectivity index is 2.04. The van der Waals surface area contributed by atoms with Crippen molar-refractivity contribution in [3.8, 4) is 0 Å². The first-order valence-electron chi connectivity index (χ1n) is 8.60. The van der Waals surface area contributed by atoms with Crippen LogP contribution in [0, 0.1) is 11.3 Å². The molecular formula is C17H34N2O. The molecule has 2 N–H and O–H groups in total. The predicted octanol–water partition coefficient (Wildman–Crippen LogP) is 2.64. The monoisotopic (exact) mass is 282 g/mol. The Hall–Kier alpha value is -0.120. The molecule has 2 rings (SSSR count). The summed E-state index contributed by atoms with van der Waals surface area (Å²) in [6.45, 7) is 10.6. The minimum absolute atomic E-state index is 0.292. The van der Waals surface area contributed by atoms with Crippen LogP contribution in [0.5, 0.6) is 0 Å². The van der Waals surface area contributed by atoms with E-state index >= 15 is 0 Å². The molecule has 0 aromatic rings. The fourth-order valence-electron chi connectivity index (χ4n) is 4.28. The Kier molecular flexibility index (Phi) is 5.88. The molecule has 0 amide bonds. The second kappa shape index (κ2) is 7.24. The van der Waals surface area contributed by atoms with E-state index in [1.54, 1.807) is 0 Å². The van der Waals surface area contributed by atoms with Crippen molar-refractivity contribution < 1.29 is 5.11 Å². The molecule has 0 radical (unpaired) electrons. The van der Waals surface area contributed by atoms with E-state index in [0.29, 0.717) is 24.1 Å². The SMILES string of the molecule is CC(C)(C)C1CCCCC1N(CCO)CC1CCCN1. The fraction of sp³-hybridized carbons (Fsp3) is 1.00. The van der Waals surface area contributed by atoms with E-state index in [4.69, 9.17) is 0 Å². The van der Waals surface area contributed by atoms with Crippen LogP contribution in [0.2, 0.25) is 0 Å². The van der Waals surface area contributed by atoms with Crippen LogP contribution >= 0.6 is 0 Å². The van der Waals surface area contributed by atoms with Crippen molar-refractivity contribution in [3.63, 3.8) is 0 Å². The van der Waals surface area contributed by atoms with Gasteiger partial charge in [0.05, 0.1) is 6.61 Å². The van der Waals surface area contributed by atoms with Gasteiger partial charge in [-0.05, 0) is 43.6 Å². The molecule has 1 saturated heterocycles. The molecule has 3 heteroatoms. The summed E-state index contributed by atoms with van der Waals surface area (Å²) in [5.74, 6) is 0.768. The molecule has 20 heavy (non-hydrogen) atoms. The van der Waals surface area contributed by atoms with Gasteiger partial charge in [-0.1, -0.05) is 33.6 Å². The first-order valence-corrected chi connectivity index (χ1v) is 8.60. The average Bonchev–Trinajstić information content (AvgIpc) is 2.90. The highest BCUT2D eigenvalue weighted by Crippen LogP contribution is 2.40. The fourth-order valence-corrected chi connectivity index (χ4v) is 4.28. The molecule has 0 bridgehead atoms. The number of aliphatic hydroxyl groups is 1. The van der Waals surface area contributed by atoms with Crippen molar-refractivity contribution >= 4 is 0 Å². The molecular weight excluding hydrogens is 248 g/mol. The summed E-state index contributed by atoms with van der Waals surface area (Å²) in [6.07, 6.45) is 8.02. The van der Waals surface area contributed by atoms with Gasteiger partial charge in [0.2, 0.25) is 0 Å². The first kappa shape index (κ1) is 16.3. The summed E-state index contributed by atoms with van der Waals surface area (Å²) in [7, 11) is 0. The van der Waals surface area contributed by atoms with Gasteiger partial charge in [0.15, 0.2) is 0 Å². The summed E-state index contributed by atoms with van der Waals surface area (Å²) in [5, 5.41) is 13.1. The molecule has 3 nitrogen and oxygen atoms in total. The Morgan fingerprint density at radius 3 is 2.45 bits per heavy atom. The molecule has 3 unspecified atom stereocenters. The number of nitrogens with one attached hydrogen (secondary N) is 1. The molecule has 1 aliphatic carbocycles. The van der Waals surface area contributed by atoms with E-state index in [1.165, 1.54) is 45.1 Å². The Morgan fingerprint density at radius 1 is 1.10 bits per heavy atom. The van der Waals surface area contributed by atoms with Gasteiger partial charge in [-0.2, -0.15) is 0 Å². The lowest BCUT2D eigenvalue weighted by Gasteiger charge is -2.46. The Bertz CT molecular complexity index is 281. The van der Waals surface area contributed by atoms with Gasteiger partial charge in [0.25, 0.3) is 0 Å².